The van der Waals surface area contributed by atoms with Gasteiger partial charge in [-0.25, -0.2) is 0 Å². The molecule has 0 unspecified atom stereocenters. The first-order valence-corrected chi connectivity index (χ1v) is 7.23. The van der Waals surface area contributed by atoms with Crippen molar-refractivity contribution in [2.24, 2.45) is 0 Å². The van der Waals surface area contributed by atoms with E-state index in [0.29, 0.717) is 22.4 Å². The smallest absolute Gasteiger partial charge is 0.161 e. The number of nitrogens with zero attached hydrogens (tertiary/aromatic N) is 3. The van der Waals surface area contributed by atoms with Gasteiger partial charge in [-0.3, -0.25) is 4.40 Å². The number of halogens is 3. The number of hydrogen-bond acceptors (Lipinski definition) is 3. The molecule has 0 bridgehead atoms. The van der Waals surface area contributed by atoms with Crippen molar-refractivity contribution in [1.29, 1.82) is 0 Å². The number of fused-ring (bicyclic) bond motifs is 1. The van der Waals surface area contributed by atoms with Crippen LogP contribution >= 0.6 is 39.1 Å². The molecule has 2 aromatic heterocycles. The SMILES string of the molecule is Clc1cc(Cl)cc(OCc2cc3nncn3cc2Br)c1. The van der Waals surface area contributed by atoms with Crippen molar-refractivity contribution in [3.05, 3.63) is 56.9 Å². The number of aromatic nitrogens is 3. The molecule has 3 aromatic rings. The molecule has 0 aliphatic rings. The summed E-state index contributed by atoms with van der Waals surface area (Å²) < 4.78 is 8.44. The molecule has 0 atom stereocenters. The monoisotopic (exact) mass is 371 g/mol. The molecule has 0 aliphatic heterocycles. The predicted molar refractivity (Wildman–Crippen MR) is 81.5 cm³/mol. The molecule has 0 N–H and O–H groups in total. The molecule has 1 aromatic carbocycles. The van der Waals surface area contributed by atoms with Crippen molar-refractivity contribution in [2.75, 3.05) is 0 Å². The summed E-state index contributed by atoms with van der Waals surface area (Å²) in [5.41, 5.74) is 1.72. The van der Waals surface area contributed by atoms with Gasteiger partial charge in [-0.2, -0.15) is 0 Å². The number of hydrogen-bond donors (Lipinski definition) is 0. The van der Waals surface area contributed by atoms with Gasteiger partial charge in [-0.1, -0.05) is 23.2 Å². The summed E-state index contributed by atoms with van der Waals surface area (Å²) in [6.45, 7) is 0.376. The van der Waals surface area contributed by atoms with Crippen LogP contribution in [0.5, 0.6) is 5.75 Å². The Morgan fingerprint density at radius 1 is 1.15 bits per heavy atom. The molecular weight excluding hydrogens is 365 g/mol. The Morgan fingerprint density at radius 2 is 1.90 bits per heavy atom. The summed E-state index contributed by atoms with van der Waals surface area (Å²) in [4.78, 5) is 0. The minimum absolute atomic E-state index is 0.376. The Kier molecular flexibility index (Phi) is 3.83. The van der Waals surface area contributed by atoms with Crippen LogP contribution in [0.1, 0.15) is 5.56 Å². The third-order valence-corrected chi connectivity index (χ3v) is 3.84. The van der Waals surface area contributed by atoms with Gasteiger partial charge in [0.15, 0.2) is 5.65 Å². The molecule has 0 spiro atoms. The molecule has 2 heterocycles. The van der Waals surface area contributed by atoms with E-state index in [1.165, 1.54) is 0 Å². The molecule has 0 aliphatic carbocycles. The zero-order valence-corrected chi connectivity index (χ0v) is 13.2. The number of rotatable bonds is 3. The number of ether oxygens (including phenoxy) is 1. The Bertz CT molecular complexity index is 755. The zero-order valence-electron chi connectivity index (χ0n) is 10.1. The van der Waals surface area contributed by atoms with Crippen molar-refractivity contribution < 1.29 is 4.74 Å². The van der Waals surface area contributed by atoms with Gasteiger partial charge >= 0.3 is 0 Å². The second kappa shape index (κ2) is 5.60. The van der Waals surface area contributed by atoms with Gasteiger partial charge in [0.2, 0.25) is 0 Å². The summed E-state index contributed by atoms with van der Waals surface area (Å²) in [6.07, 6.45) is 3.53. The van der Waals surface area contributed by atoms with Gasteiger partial charge in [-0.15, -0.1) is 10.2 Å². The Balaban J connectivity index is 1.84. The highest BCUT2D eigenvalue weighted by Crippen LogP contribution is 2.26. The van der Waals surface area contributed by atoms with Crippen molar-refractivity contribution in [3.8, 4) is 5.75 Å². The molecule has 0 fully saturated rings. The van der Waals surface area contributed by atoms with E-state index < -0.39 is 0 Å². The van der Waals surface area contributed by atoms with Crippen molar-refractivity contribution in [1.82, 2.24) is 14.6 Å². The summed E-state index contributed by atoms with van der Waals surface area (Å²) >= 11 is 15.4. The van der Waals surface area contributed by atoms with Crippen LogP contribution in [0, 0.1) is 0 Å². The maximum Gasteiger partial charge on any atom is 0.161 e. The third kappa shape index (κ3) is 2.90. The number of benzene rings is 1. The van der Waals surface area contributed by atoms with Gasteiger partial charge in [0.1, 0.15) is 18.7 Å². The molecular formula is C13H8BrCl2N3O. The van der Waals surface area contributed by atoms with Crippen LogP contribution in [0.3, 0.4) is 0 Å². The van der Waals surface area contributed by atoms with Crippen molar-refractivity contribution in [2.45, 2.75) is 6.61 Å². The first kappa shape index (κ1) is 13.7. The molecule has 0 saturated heterocycles. The largest absolute Gasteiger partial charge is 0.489 e. The second-order valence-corrected chi connectivity index (χ2v) is 5.86. The fraction of sp³-hybridized carbons (Fsp3) is 0.0769. The minimum atomic E-state index is 0.376. The van der Waals surface area contributed by atoms with Crippen LogP contribution in [0.25, 0.3) is 5.65 Å². The highest BCUT2D eigenvalue weighted by molar-refractivity contribution is 9.10. The molecule has 7 heteroatoms. The van der Waals surface area contributed by atoms with Gasteiger partial charge in [0.05, 0.1) is 0 Å². The first-order valence-electron chi connectivity index (χ1n) is 5.68. The van der Waals surface area contributed by atoms with E-state index >= 15 is 0 Å². The van der Waals surface area contributed by atoms with Crippen LogP contribution < -0.4 is 4.74 Å². The van der Waals surface area contributed by atoms with Crippen molar-refractivity contribution >= 4 is 44.8 Å². The fourth-order valence-corrected chi connectivity index (χ4v) is 2.72. The molecule has 20 heavy (non-hydrogen) atoms. The molecule has 4 nitrogen and oxygen atoms in total. The lowest BCUT2D eigenvalue weighted by Crippen LogP contribution is -1.98. The zero-order chi connectivity index (χ0) is 14.1. The highest BCUT2D eigenvalue weighted by Gasteiger charge is 2.06. The molecule has 3 rings (SSSR count). The molecule has 102 valence electrons. The first-order chi connectivity index (χ1) is 9.61. The van der Waals surface area contributed by atoms with Crippen LogP contribution in [0.4, 0.5) is 0 Å². The average molecular weight is 373 g/mol. The van der Waals surface area contributed by atoms with Gasteiger partial charge in [0.25, 0.3) is 0 Å². The number of pyridine rings is 1. The second-order valence-electron chi connectivity index (χ2n) is 4.14. The quantitative estimate of drug-likeness (QED) is 0.684. The lowest BCUT2D eigenvalue weighted by molar-refractivity contribution is 0.305. The van der Waals surface area contributed by atoms with Gasteiger partial charge in [-0.05, 0) is 40.2 Å². The van der Waals surface area contributed by atoms with Crippen LogP contribution in [0.2, 0.25) is 10.0 Å². The summed E-state index contributed by atoms with van der Waals surface area (Å²) in [7, 11) is 0. The van der Waals surface area contributed by atoms with Crippen LogP contribution in [0.15, 0.2) is 41.3 Å². The molecule has 0 amide bonds. The molecule has 0 radical (unpaired) electrons. The van der Waals surface area contributed by atoms with Gasteiger partial charge < -0.3 is 4.74 Å². The lowest BCUT2D eigenvalue weighted by Gasteiger charge is -2.09. The van der Waals surface area contributed by atoms with Gasteiger partial charge in [0, 0.05) is 26.3 Å². The van der Waals surface area contributed by atoms with Crippen molar-refractivity contribution in [3.63, 3.8) is 0 Å². The standard InChI is InChI=1S/C13H8BrCl2N3O/c14-12-5-19-7-17-18-13(19)1-8(12)6-20-11-3-9(15)2-10(16)4-11/h1-5,7H,6H2. The topological polar surface area (TPSA) is 39.4 Å². The summed E-state index contributed by atoms with van der Waals surface area (Å²) in [5.74, 6) is 0.621. The lowest BCUT2D eigenvalue weighted by atomic mass is 10.3. The summed E-state index contributed by atoms with van der Waals surface area (Å²) in [5, 5.41) is 8.92. The van der Waals surface area contributed by atoms with E-state index in [4.69, 9.17) is 27.9 Å². The Labute approximate surface area is 133 Å². The van der Waals surface area contributed by atoms with Crippen LogP contribution in [-0.4, -0.2) is 14.6 Å². The fourth-order valence-electron chi connectivity index (χ4n) is 1.77. The Hall–Kier alpha value is -1.30. The normalized spacial score (nSPS) is 10.9. The summed E-state index contributed by atoms with van der Waals surface area (Å²) in [6, 6.07) is 7.01. The van der Waals surface area contributed by atoms with E-state index in [9.17, 15) is 0 Å². The van der Waals surface area contributed by atoms with E-state index in [1.807, 2.05) is 16.7 Å². The Morgan fingerprint density at radius 3 is 2.65 bits per heavy atom. The van der Waals surface area contributed by atoms with Crippen LogP contribution in [-0.2, 0) is 6.61 Å². The third-order valence-electron chi connectivity index (χ3n) is 2.69. The predicted octanol–water partition coefficient (Wildman–Crippen LogP) is 4.38. The van der Waals surface area contributed by atoms with E-state index in [1.54, 1.807) is 24.5 Å². The molecule has 0 saturated carbocycles. The van der Waals surface area contributed by atoms with E-state index in [-0.39, 0.29) is 0 Å². The average Bonchev–Trinajstić information content (AvgIpc) is 2.81. The highest BCUT2D eigenvalue weighted by atomic mass is 79.9. The minimum Gasteiger partial charge on any atom is -0.489 e. The van der Waals surface area contributed by atoms with E-state index in [0.717, 1.165) is 15.7 Å². The maximum atomic E-state index is 5.93. The maximum absolute atomic E-state index is 5.93. The van der Waals surface area contributed by atoms with E-state index in [2.05, 4.69) is 26.1 Å².